The number of para-hydroxylation sites is 1. The molecule has 0 saturated carbocycles. The summed E-state index contributed by atoms with van der Waals surface area (Å²) in [6.45, 7) is 0. The summed E-state index contributed by atoms with van der Waals surface area (Å²) in [7, 11) is 0. The van der Waals surface area contributed by atoms with Crippen LogP contribution in [0.3, 0.4) is 0 Å². The molecule has 226 valence electrons. The highest BCUT2D eigenvalue weighted by molar-refractivity contribution is 6.14. The van der Waals surface area contributed by atoms with Gasteiger partial charge in [0.2, 0.25) is 0 Å². The van der Waals surface area contributed by atoms with Crippen LogP contribution in [-0.2, 0) is 0 Å². The maximum atomic E-state index is 6.31. The third-order valence-electron chi connectivity index (χ3n) is 9.25. The molecule has 0 aliphatic rings. The summed E-state index contributed by atoms with van der Waals surface area (Å²) in [6, 6.07) is 66.9. The van der Waals surface area contributed by atoms with Gasteiger partial charge in [-0.05, 0) is 80.9 Å². The Morgan fingerprint density at radius 1 is 0.333 bits per heavy atom. The number of rotatable bonds is 6. The summed E-state index contributed by atoms with van der Waals surface area (Å²) in [4.78, 5) is 2.38. The molecular formula is C46H31NO. The van der Waals surface area contributed by atoms with Crippen LogP contribution in [0.15, 0.2) is 192 Å². The molecule has 0 saturated heterocycles. The largest absolute Gasteiger partial charge is 0.456 e. The summed E-state index contributed by atoms with van der Waals surface area (Å²) < 4.78 is 6.31. The van der Waals surface area contributed by atoms with Gasteiger partial charge in [0.15, 0.2) is 0 Å². The first-order chi connectivity index (χ1) is 23.8. The molecule has 9 aromatic rings. The Morgan fingerprint density at radius 3 is 1.62 bits per heavy atom. The lowest BCUT2D eigenvalue weighted by atomic mass is 9.98. The van der Waals surface area contributed by atoms with Gasteiger partial charge >= 0.3 is 0 Å². The van der Waals surface area contributed by atoms with E-state index >= 15 is 0 Å². The van der Waals surface area contributed by atoms with Crippen molar-refractivity contribution in [3.63, 3.8) is 0 Å². The molecule has 0 aliphatic heterocycles. The third-order valence-corrected chi connectivity index (χ3v) is 9.25. The van der Waals surface area contributed by atoms with Crippen molar-refractivity contribution in [3.8, 4) is 33.6 Å². The Hall–Kier alpha value is -6.38. The Balaban J connectivity index is 1.18. The van der Waals surface area contributed by atoms with Crippen molar-refractivity contribution in [1.29, 1.82) is 0 Å². The van der Waals surface area contributed by atoms with Gasteiger partial charge < -0.3 is 9.32 Å². The van der Waals surface area contributed by atoms with Crippen LogP contribution in [0.4, 0.5) is 17.1 Å². The first kappa shape index (κ1) is 27.9. The molecule has 0 amide bonds. The van der Waals surface area contributed by atoms with Crippen LogP contribution >= 0.6 is 0 Å². The molecule has 8 aromatic carbocycles. The van der Waals surface area contributed by atoms with E-state index in [0.29, 0.717) is 0 Å². The fourth-order valence-electron chi connectivity index (χ4n) is 6.86. The fourth-order valence-corrected chi connectivity index (χ4v) is 6.86. The zero-order chi connectivity index (χ0) is 31.9. The number of hydrogen-bond acceptors (Lipinski definition) is 2. The van der Waals surface area contributed by atoms with Crippen molar-refractivity contribution in [2.24, 2.45) is 0 Å². The van der Waals surface area contributed by atoms with Crippen molar-refractivity contribution in [2.75, 3.05) is 4.90 Å². The van der Waals surface area contributed by atoms with Gasteiger partial charge in [0, 0.05) is 27.7 Å². The molecule has 9 rings (SSSR count). The molecule has 0 N–H and O–H groups in total. The molecule has 0 aliphatic carbocycles. The van der Waals surface area contributed by atoms with Crippen molar-refractivity contribution in [3.05, 3.63) is 188 Å². The number of anilines is 3. The van der Waals surface area contributed by atoms with E-state index in [0.717, 1.165) is 39.4 Å². The molecule has 0 unspecified atom stereocenters. The average Bonchev–Trinajstić information content (AvgIpc) is 3.61. The van der Waals surface area contributed by atoms with E-state index < -0.39 is 0 Å². The lowest BCUT2D eigenvalue weighted by Gasteiger charge is -2.28. The van der Waals surface area contributed by atoms with E-state index in [-0.39, 0.29) is 0 Å². The summed E-state index contributed by atoms with van der Waals surface area (Å²) in [6.07, 6.45) is 0. The second-order valence-corrected chi connectivity index (χ2v) is 12.2. The van der Waals surface area contributed by atoms with Gasteiger partial charge in [-0.15, -0.1) is 0 Å². The minimum Gasteiger partial charge on any atom is -0.456 e. The quantitative estimate of drug-likeness (QED) is 0.174. The topological polar surface area (TPSA) is 16.4 Å². The average molecular weight is 614 g/mol. The molecular weight excluding hydrogens is 583 g/mol. The normalized spacial score (nSPS) is 11.3. The second kappa shape index (κ2) is 11.8. The number of fused-ring (bicyclic) bond motifs is 4. The highest BCUT2D eigenvalue weighted by atomic mass is 16.3. The molecule has 0 radical (unpaired) electrons. The van der Waals surface area contributed by atoms with Gasteiger partial charge in [-0.25, -0.2) is 0 Å². The standard InChI is InChI=1S/C46H31NO/c1-2-11-32(12-3-1)33-21-23-34(24-22-33)35-25-27-39(28-26-35)47(44-30-36-13-4-6-17-41(36)42-18-7-8-19-43(42)44)40-16-10-15-37(29-40)46-31-38-14-5-9-20-45(38)48-46/h1-31H. The van der Waals surface area contributed by atoms with Gasteiger partial charge in [-0.2, -0.15) is 0 Å². The maximum Gasteiger partial charge on any atom is 0.135 e. The van der Waals surface area contributed by atoms with E-state index in [1.54, 1.807) is 0 Å². The smallest absolute Gasteiger partial charge is 0.135 e. The molecule has 48 heavy (non-hydrogen) atoms. The minimum atomic E-state index is 0.857. The van der Waals surface area contributed by atoms with Crippen molar-refractivity contribution in [1.82, 2.24) is 0 Å². The van der Waals surface area contributed by atoms with Crippen LogP contribution < -0.4 is 4.90 Å². The molecule has 1 aromatic heterocycles. The van der Waals surface area contributed by atoms with Crippen LogP contribution in [0, 0.1) is 0 Å². The Morgan fingerprint density at radius 2 is 0.896 bits per heavy atom. The summed E-state index contributed by atoms with van der Waals surface area (Å²) in [5.41, 5.74) is 10.0. The predicted molar refractivity (Wildman–Crippen MR) is 202 cm³/mol. The van der Waals surface area contributed by atoms with Crippen LogP contribution in [0.1, 0.15) is 0 Å². The number of benzene rings is 8. The van der Waals surface area contributed by atoms with E-state index in [1.165, 1.54) is 43.8 Å². The van der Waals surface area contributed by atoms with E-state index in [9.17, 15) is 0 Å². The minimum absolute atomic E-state index is 0.857. The molecule has 0 atom stereocenters. The van der Waals surface area contributed by atoms with Gasteiger partial charge in [0.05, 0.1) is 5.69 Å². The second-order valence-electron chi connectivity index (χ2n) is 12.2. The number of furan rings is 1. The number of nitrogens with zero attached hydrogens (tertiary/aromatic N) is 1. The molecule has 1 heterocycles. The van der Waals surface area contributed by atoms with Crippen molar-refractivity contribution in [2.45, 2.75) is 0 Å². The van der Waals surface area contributed by atoms with Gasteiger partial charge in [-0.1, -0.05) is 146 Å². The van der Waals surface area contributed by atoms with Gasteiger partial charge in [0.1, 0.15) is 11.3 Å². The third kappa shape index (κ3) is 5.01. The first-order valence-corrected chi connectivity index (χ1v) is 16.3. The Kier molecular flexibility index (Phi) is 6.84. The number of hydrogen-bond donors (Lipinski definition) is 0. The zero-order valence-electron chi connectivity index (χ0n) is 26.3. The van der Waals surface area contributed by atoms with Crippen molar-refractivity contribution < 1.29 is 4.42 Å². The molecule has 2 heteroatoms. The lowest BCUT2D eigenvalue weighted by Crippen LogP contribution is -2.10. The Bertz CT molecular complexity index is 2510. The zero-order valence-corrected chi connectivity index (χ0v) is 26.3. The molecule has 0 bridgehead atoms. The highest BCUT2D eigenvalue weighted by Crippen LogP contribution is 2.43. The van der Waals surface area contributed by atoms with E-state index in [4.69, 9.17) is 4.42 Å². The Labute approximate surface area is 279 Å². The SMILES string of the molecule is c1ccc(-c2ccc(-c3ccc(N(c4cccc(-c5cc6ccccc6o5)c4)c4cc5ccccc5c5ccccc45)cc3)cc2)cc1. The van der Waals surface area contributed by atoms with Gasteiger partial charge in [0.25, 0.3) is 0 Å². The summed E-state index contributed by atoms with van der Waals surface area (Å²) >= 11 is 0. The lowest BCUT2D eigenvalue weighted by molar-refractivity contribution is 0.631. The van der Waals surface area contributed by atoms with E-state index in [2.05, 4.69) is 175 Å². The van der Waals surface area contributed by atoms with Crippen LogP contribution in [0.25, 0.3) is 66.1 Å². The van der Waals surface area contributed by atoms with Crippen LogP contribution in [0.2, 0.25) is 0 Å². The summed E-state index contributed by atoms with van der Waals surface area (Å²) in [5.74, 6) is 0.857. The first-order valence-electron chi connectivity index (χ1n) is 16.3. The van der Waals surface area contributed by atoms with E-state index in [1.807, 2.05) is 18.2 Å². The highest BCUT2D eigenvalue weighted by Gasteiger charge is 2.19. The molecule has 0 spiro atoms. The predicted octanol–water partition coefficient (Wildman–Crippen LogP) is 13.2. The molecule has 2 nitrogen and oxygen atoms in total. The maximum absolute atomic E-state index is 6.31. The monoisotopic (exact) mass is 613 g/mol. The van der Waals surface area contributed by atoms with Crippen molar-refractivity contribution >= 4 is 49.6 Å². The molecule has 0 fully saturated rings. The summed E-state index contributed by atoms with van der Waals surface area (Å²) in [5, 5.41) is 6.00. The fraction of sp³-hybridized carbons (Fsp3) is 0. The van der Waals surface area contributed by atoms with Crippen LogP contribution in [0.5, 0.6) is 0 Å². The van der Waals surface area contributed by atoms with Gasteiger partial charge in [-0.3, -0.25) is 0 Å². The van der Waals surface area contributed by atoms with Crippen LogP contribution in [-0.4, -0.2) is 0 Å².